The van der Waals surface area contributed by atoms with Crippen LogP contribution in [0.25, 0.3) is 5.69 Å². The van der Waals surface area contributed by atoms with E-state index >= 15 is 0 Å². The Morgan fingerprint density at radius 2 is 1.67 bits per heavy atom. The number of sulfonamides is 1. The first-order valence-corrected chi connectivity index (χ1v) is 14.9. The molecule has 1 aromatic heterocycles. The van der Waals surface area contributed by atoms with Crippen LogP contribution in [0.4, 0.5) is 5.69 Å². The van der Waals surface area contributed by atoms with E-state index in [1.165, 1.54) is 38.6 Å². The summed E-state index contributed by atoms with van der Waals surface area (Å²) in [5, 5.41) is 4.96. The zero-order chi connectivity index (χ0) is 30.6. The van der Waals surface area contributed by atoms with Gasteiger partial charge in [0.05, 0.1) is 46.7 Å². The van der Waals surface area contributed by atoms with Gasteiger partial charge in [-0.2, -0.15) is 5.10 Å². The highest BCUT2D eigenvalue weighted by Gasteiger charge is 2.28. The Labute approximate surface area is 255 Å². The second kappa shape index (κ2) is 12.9. The van der Waals surface area contributed by atoms with Crippen molar-refractivity contribution in [2.75, 3.05) is 25.1 Å². The third-order valence-electron chi connectivity index (χ3n) is 6.59. The van der Waals surface area contributed by atoms with Crippen LogP contribution in [-0.4, -0.2) is 45.9 Å². The second-order valence-electron chi connectivity index (χ2n) is 9.39. The molecule has 1 heterocycles. The van der Waals surface area contributed by atoms with Gasteiger partial charge < -0.3 is 14.0 Å². The van der Waals surface area contributed by atoms with Gasteiger partial charge in [-0.25, -0.2) is 13.8 Å². The zero-order valence-electron chi connectivity index (χ0n) is 23.7. The van der Waals surface area contributed by atoms with Gasteiger partial charge in [-0.15, -0.1) is 0 Å². The van der Waals surface area contributed by atoms with Crippen LogP contribution in [0.15, 0.2) is 76.7 Å². The van der Waals surface area contributed by atoms with Crippen LogP contribution in [0.1, 0.15) is 22.5 Å². The smallest absolute Gasteiger partial charge is 0.264 e. The number of rotatable bonds is 10. The minimum absolute atomic E-state index is 0.0656. The molecule has 12 heteroatoms. The SMILES string of the molecule is COc1ccc(S(=O)(=O)N(CC(=O)N/N=C\c2cc(C)n(-c3cccc(Cl)c3Cl)c2C)c2ccc(C)cc2)cc1OC. The summed E-state index contributed by atoms with van der Waals surface area (Å²) in [4.78, 5) is 13.0. The van der Waals surface area contributed by atoms with E-state index in [0.717, 1.165) is 32.5 Å². The molecule has 4 rings (SSSR count). The van der Waals surface area contributed by atoms with E-state index in [1.54, 1.807) is 30.3 Å². The molecule has 0 unspecified atom stereocenters. The monoisotopic (exact) mass is 628 g/mol. The van der Waals surface area contributed by atoms with Gasteiger partial charge in [-0.1, -0.05) is 47.0 Å². The highest BCUT2D eigenvalue weighted by Crippen LogP contribution is 2.33. The second-order valence-corrected chi connectivity index (χ2v) is 12.0. The number of carbonyl (C=O) groups excluding carboxylic acids is 1. The van der Waals surface area contributed by atoms with E-state index in [-0.39, 0.29) is 10.6 Å². The average Bonchev–Trinajstić information content (AvgIpc) is 3.25. The van der Waals surface area contributed by atoms with Crippen molar-refractivity contribution in [1.29, 1.82) is 0 Å². The van der Waals surface area contributed by atoms with E-state index in [4.69, 9.17) is 32.7 Å². The van der Waals surface area contributed by atoms with Gasteiger partial charge in [0.15, 0.2) is 11.5 Å². The molecule has 0 aliphatic rings. The molecule has 0 atom stereocenters. The van der Waals surface area contributed by atoms with Crippen LogP contribution in [-0.2, 0) is 14.8 Å². The lowest BCUT2D eigenvalue weighted by Gasteiger charge is -2.24. The van der Waals surface area contributed by atoms with E-state index < -0.39 is 22.5 Å². The van der Waals surface area contributed by atoms with Gasteiger partial charge in [0.2, 0.25) is 0 Å². The standard InChI is InChI=1S/C30H30Cl2N4O5S/c1-19-9-11-23(12-10-19)35(42(38,39)24-13-14-27(40-4)28(16-24)41-5)18-29(37)34-33-17-22-15-20(2)36(21(22)3)26-8-6-7-25(31)30(26)32/h6-17H,18H2,1-5H3,(H,34,37)/b33-17-. The van der Waals surface area contributed by atoms with Crippen LogP contribution in [0, 0.1) is 20.8 Å². The van der Waals surface area contributed by atoms with Crippen molar-refractivity contribution >= 4 is 51.0 Å². The summed E-state index contributed by atoms with van der Waals surface area (Å²) < 4.78 is 41.0. The maximum Gasteiger partial charge on any atom is 0.264 e. The van der Waals surface area contributed by atoms with Gasteiger partial charge in [-0.05, 0) is 63.2 Å². The highest BCUT2D eigenvalue weighted by molar-refractivity contribution is 7.92. The summed E-state index contributed by atoms with van der Waals surface area (Å²) in [7, 11) is -1.31. The van der Waals surface area contributed by atoms with E-state index in [1.807, 2.05) is 43.5 Å². The van der Waals surface area contributed by atoms with Crippen molar-refractivity contribution in [1.82, 2.24) is 9.99 Å². The van der Waals surface area contributed by atoms with Crippen LogP contribution in [0.2, 0.25) is 10.0 Å². The number of carbonyl (C=O) groups is 1. The van der Waals surface area contributed by atoms with Crippen molar-refractivity contribution < 1.29 is 22.7 Å². The van der Waals surface area contributed by atoms with Gasteiger partial charge in [0, 0.05) is 23.0 Å². The van der Waals surface area contributed by atoms with E-state index in [0.29, 0.717) is 21.5 Å². The van der Waals surface area contributed by atoms with Crippen molar-refractivity contribution in [3.63, 3.8) is 0 Å². The molecule has 4 aromatic rings. The number of hydrazone groups is 1. The summed E-state index contributed by atoms with van der Waals surface area (Å²) in [6.45, 7) is 5.17. The number of benzene rings is 3. The van der Waals surface area contributed by atoms with Crippen molar-refractivity contribution in [3.05, 3.63) is 99.3 Å². The molecule has 9 nitrogen and oxygen atoms in total. The molecule has 0 aliphatic carbocycles. The molecule has 0 radical (unpaired) electrons. The summed E-state index contributed by atoms with van der Waals surface area (Å²) in [6, 6.07) is 18.3. The first kappa shape index (κ1) is 31.0. The minimum atomic E-state index is -4.19. The number of anilines is 1. The van der Waals surface area contributed by atoms with Gasteiger partial charge in [-0.3, -0.25) is 9.10 Å². The molecular weight excluding hydrogens is 599 g/mol. The topological polar surface area (TPSA) is 102 Å². The Hall–Kier alpha value is -3.99. The van der Waals surface area contributed by atoms with Gasteiger partial charge in [0.1, 0.15) is 6.54 Å². The van der Waals surface area contributed by atoms with Crippen molar-refractivity contribution in [2.45, 2.75) is 25.7 Å². The Kier molecular flexibility index (Phi) is 9.50. The third kappa shape index (κ3) is 6.41. The number of nitrogens with one attached hydrogen (secondary N) is 1. The molecular formula is C30H30Cl2N4O5S. The number of ether oxygens (including phenoxy) is 2. The Bertz CT molecular complexity index is 1750. The number of aryl methyl sites for hydroxylation is 2. The molecule has 0 aliphatic heterocycles. The summed E-state index contributed by atoms with van der Waals surface area (Å²) in [5.41, 5.74) is 6.86. The fourth-order valence-corrected chi connectivity index (χ4v) is 6.24. The number of halogens is 2. The van der Waals surface area contributed by atoms with Gasteiger partial charge in [0.25, 0.3) is 15.9 Å². The van der Waals surface area contributed by atoms with Crippen molar-refractivity contribution in [2.24, 2.45) is 5.10 Å². The molecule has 0 bridgehead atoms. The normalized spacial score (nSPS) is 11.5. The lowest BCUT2D eigenvalue weighted by Crippen LogP contribution is -2.39. The molecule has 0 spiro atoms. The Morgan fingerprint density at radius 3 is 2.33 bits per heavy atom. The number of nitrogens with zero attached hydrogens (tertiary/aromatic N) is 3. The highest BCUT2D eigenvalue weighted by atomic mass is 35.5. The molecule has 3 aromatic carbocycles. The van der Waals surface area contributed by atoms with Crippen molar-refractivity contribution in [3.8, 4) is 17.2 Å². The molecule has 0 saturated heterocycles. The van der Waals surface area contributed by atoms with Crippen LogP contribution in [0.3, 0.4) is 0 Å². The third-order valence-corrected chi connectivity index (χ3v) is 9.17. The Balaban J connectivity index is 1.59. The van der Waals surface area contributed by atoms with Crippen LogP contribution >= 0.6 is 23.2 Å². The molecule has 1 N–H and O–H groups in total. The maximum absolute atomic E-state index is 13.8. The summed E-state index contributed by atoms with van der Waals surface area (Å²) >= 11 is 12.6. The number of amides is 1. The lowest BCUT2D eigenvalue weighted by atomic mass is 10.2. The maximum atomic E-state index is 13.8. The van der Waals surface area contributed by atoms with E-state index in [9.17, 15) is 13.2 Å². The lowest BCUT2D eigenvalue weighted by molar-refractivity contribution is -0.119. The number of aromatic nitrogens is 1. The average molecular weight is 630 g/mol. The summed E-state index contributed by atoms with van der Waals surface area (Å²) in [5.74, 6) is -0.0156. The molecule has 1 amide bonds. The number of hydrogen-bond acceptors (Lipinski definition) is 6. The largest absolute Gasteiger partial charge is 0.493 e. The van der Waals surface area contributed by atoms with Crippen LogP contribution < -0.4 is 19.2 Å². The molecule has 42 heavy (non-hydrogen) atoms. The first-order chi connectivity index (χ1) is 20.0. The molecule has 0 fully saturated rings. The summed E-state index contributed by atoms with van der Waals surface area (Å²) in [6.07, 6.45) is 1.49. The number of methoxy groups -OCH3 is 2. The zero-order valence-corrected chi connectivity index (χ0v) is 26.0. The number of hydrogen-bond donors (Lipinski definition) is 1. The van der Waals surface area contributed by atoms with Gasteiger partial charge >= 0.3 is 0 Å². The predicted molar refractivity (Wildman–Crippen MR) is 166 cm³/mol. The first-order valence-electron chi connectivity index (χ1n) is 12.7. The van der Waals surface area contributed by atoms with E-state index in [2.05, 4.69) is 10.5 Å². The minimum Gasteiger partial charge on any atom is -0.493 e. The fraction of sp³-hybridized carbons (Fsp3) is 0.200. The Morgan fingerprint density at radius 1 is 0.976 bits per heavy atom. The predicted octanol–water partition coefficient (Wildman–Crippen LogP) is 6.07. The van der Waals surface area contributed by atoms with Crippen LogP contribution in [0.5, 0.6) is 11.5 Å². The molecule has 0 saturated carbocycles. The quantitative estimate of drug-likeness (QED) is 0.170. The molecule has 220 valence electrons. The fourth-order valence-electron chi connectivity index (χ4n) is 4.42.